The Kier molecular flexibility index (Phi) is 9.89. The Hall–Kier alpha value is -1.23. The smallest absolute Gasteiger partial charge is 0.368 e. The van der Waals surface area contributed by atoms with E-state index < -0.39 is 58.2 Å². The molecule has 1 unspecified atom stereocenters. The Balaban J connectivity index is 2.16. The van der Waals surface area contributed by atoms with Crippen molar-refractivity contribution in [1.29, 1.82) is 0 Å². The predicted molar refractivity (Wildman–Crippen MR) is 157 cm³/mol. The van der Waals surface area contributed by atoms with E-state index in [1.807, 2.05) is 20.8 Å². The van der Waals surface area contributed by atoms with Crippen LogP contribution < -0.4 is 11.2 Å². The van der Waals surface area contributed by atoms with Gasteiger partial charge in [0.2, 0.25) is 0 Å². The minimum atomic E-state index is -3.05. The van der Waals surface area contributed by atoms with Crippen molar-refractivity contribution in [2.24, 2.45) is 0 Å². The third kappa shape index (κ3) is 6.65. The van der Waals surface area contributed by atoms with Crippen molar-refractivity contribution in [1.82, 2.24) is 9.55 Å². The van der Waals surface area contributed by atoms with Crippen LogP contribution in [0.5, 0.6) is 0 Å². The quantitative estimate of drug-likeness (QED) is 0.336. The molecule has 1 aromatic heterocycles. The second kappa shape index (κ2) is 11.9. The van der Waals surface area contributed by atoms with Crippen LogP contribution in [0.4, 0.5) is 4.79 Å². The molecule has 4 atom stereocenters. The lowest BCUT2D eigenvalue weighted by atomic mass is 10.1. The van der Waals surface area contributed by atoms with Crippen molar-refractivity contribution in [2.75, 3.05) is 6.61 Å². The van der Waals surface area contributed by atoms with Crippen LogP contribution >= 0.6 is 11.8 Å². The van der Waals surface area contributed by atoms with Crippen molar-refractivity contribution in [3.05, 3.63) is 33.1 Å². The molecule has 13 heteroatoms. The van der Waals surface area contributed by atoms with Gasteiger partial charge in [0, 0.05) is 17.0 Å². The number of nitrogens with one attached hydrogen (secondary N) is 1. The number of nitrogens with zero attached hydrogens (tertiary/aromatic N) is 1. The maximum atomic E-state index is 13.1. The van der Waals surface area contributed by atoms with E-state index in [4.69, 9.17) is 22.4 Å². The van der Waals surface area contributed by atoms with E-state index in [1.54, 1.807) is 0 Å². The van der Waals surface area contributed by atoms with E-state index in [9.17, 15) is 14.4 Å². The van der Waals surface area contributed by atoms with Gasteiger partial charge in [-0.25, -0.2) is 9.59 Å². The first-order valence-electron chi connectivity index (χ1n) is 13.8. The van der Waals surface area contributed by atoms with Gasteiger partial charge in [-0.3, -0.25) is 14.3 Å². The Labute approximate surface area is 238 Å². The third-order valence-corrected chi connectivity index (χ3v) is 18.5. The molecule has 0 aliphatic carbocycles. The van der Waals surface area contributed by atoms with E-state index in [0.717, 1.165) is 11.8 Å². The number of carbonyl (C=O) groups excluding carboxylic acids is 1. The van der Waals surface area contributed by atoms with Gasteiger partial charge < -0.3 is 22.4 Å². The van der Waals surface area contributed by atoms with E-state index in [0.29, 0.717) is 0 Å². The average Bonchev–Trinajstić information content (AvgIpc) is 3.07. The standard InChI is InChI=1S/C26H46N2O8SSi2/c1-15(2)38(16(3)4)32-14-19-21(35-39(36-38,17(5)6)18(7)8)22(34-25(31)37-26(9,10)11)23(33-19)28-13-12-20(29)27-24(28)30/h12-13,15-19,21-23H,14H2,1-11H3,(H,27,29,30)/t19-,21?,22+,23-/m1/s1. The molecular weight excluding hydrogens is 557 g/mol. The lowest BCUT2D eigenvalue weighted by Gasteiger charge is -2.51. The van der Waals surface area contributed by atoms with Gasteiger partial charge in [-0.15, -0.1) is 0 Å². The summed E-state index contributed by atoms with van der Waals surface area (Å²) >= 11 is 1.05. The summed E-state index contributed by atoms with van der Waals surface area (Å²) in [4.78, 5) is 40.0. The van der Waals surface area contributed by atoms with Crippen LogP contribution in [0.3, 0.4) is 0 Å². The summed E-state index contributed by atoms with van der Waals surface area (Å²) in [6.45, 7) is 22.9. The number of hydrogen-bond acceptors (Lipinski definition) is 9. The highest BCUT2D eigenvalue weighted by atomic mass is 32.2. The number of aromatic amines is 1. The van der Waals surface area contributed by atoms with E-state index in [2.05, 4.69) is 60.4 Å². The van der Waals surface area contributed by atoms with Crippen LogP contribution in [-0.2, 0) is 22.4 Å². The van der Waals surface area contributed by atoms with Crippen LogP contribution in [0, 0.1) is 0 Å². The fourth-order valence-corrected chi connectivity index (χ4v) is 17.4. The Bertz CT molecular complexity index is 1110. The number of hydrogen-bond donors (Lipinski definition) is 1. The van der Waals surface area contributed by atoms with Gasteiger partial charge >= 0.3 is 28.1 Å². The van der Waals surface area contributed by atoms with Crippen LogP contribution in [-0.4, -0.2) is 61.6 Å². The molecule has 39 heavy (non-hydrogen) atoms. The van der Waals surface area contributed by atoms with Gasteiger partial charge in [0.05, 0.1) is 6.61 Å². The summed E-state index contributed by atoms with van der Waals surface area (Å²) in [5.41, 5.74) is -0.775. The molecule has 0 amide bonds. The topological polar surface area (TPSA) is 118 Å². The first kappa shape index (κ1) is 32.3. The van der Waals surface area contributed by atoms with Crippen molar-refractivity contribution < 1.29 is 27.2 Å². The molecule has 3 heterocycles. The molecule has 0 bridgehead atoms. The molecule has 1 N–H and O–H groups in total. The molecule has 0 aromatic carbocycles. The van der Waals surface area contributed by atoms with Crippen LogP contribution in [0.15, 0.2) is 21.9 Å². The molecule has 0 saturated carbocycles. The maximum Gasteiger partial charge on any atom is 0.368 e. The molecule has 10 nitrogen and oxygen atoms in total. The molecule has 2 aliphatic heterocycles. The van der Waals surface area contributed by atoms with Gasteiger partial charge in [-0.2, -0.15) is 0 Å². The number of rotatable bonds is 6. The Morgan fingerprint density at radius 2 is 1.59 bits per heavy atom. The van der Waals surface area contributed by atoms with Crippen molar-refractivity contribution in [3.8, 4) is 0 Å². The molecule has 2 aliphatic rings. The zero-order valence-corrected chi connectivity index (χ0v) is 27.9. The molecule has 222 valence electrons. The van der Waals surface area contributed by atoms with Gasteiger partial charge in [-0.1, -0.05) is 76.2 Å². The van der Waals surface area contributed by atoms with Crippen molar-refractivity contribution in [3.63, 3.8) is 0 Å². The molecule has 1 aromatic rings. The van der Waals surface area contributed by atoms with E-state index in [1.165, 1.54) is 16.8 Å². The monoisotopic (exact) mass is 602 g/mol. The molecular formula is C26H46N2O8SSi2. The number of ether oxygens (including phenoxy) is 2. The summed E-state index contributed by atoms with van der Waals surface area (Å²) in [6.07, 6.45) is -1.98. The fourth-order valence-electron chi connectivity index (χ4n) is 5.48. The molecule has 3 rings (SSSR count). The average molecular weight is 603 g/mol. The van der Waals surface area contributed by atoms with Crippen LogP contribution in [0.2, 0.25) is 22.2 Å². The zero-order chi connectivity index (χ0) is 29.5. The number of thioether (sulfide) groups is 1. The summed E-state index contributed by atoms with van der Waals surface area (Å²) < 4.78 is 34.5. The molecule has 2 fully saturated rings. The van der Waals surface area contributed by atoms with E-state index in [-0.39, 0.29) is 33.5 Å². The molecule has 0 spiro atoms. The lowest BCUT2D eigenvalue weighted by Crippen LogP contribution is -2.66. The Morgan fingerprint density at radius 1 is 1.03 bits per heavy atom. The minimum absolute atomic E-state index is 0.0550. The summed E-state index contributed by atoms with van der Waals surface area (Å²) in [5.74, 6) is 0. The van der Waals surface area contributed by atoms with Gasteiger partial charge in [0.1, 0.15) is 12.2 Å². The van der Waals surface area contributed by atoms with Crippen molar-refractivity contribution >= 4 is 34.2 Å². The molecule has 0 radical (unpaired) electrons. The largest absolute Gasteiger partial charge is 0.447 e. The summed E-state index contributed by atoms with van der Waals surface area (Å²) in [7, 11) is -5.86. The third-order valence-electron chi connectivity index (χ3n) is 7.36. The van der Waals surface area contributed by atoms with Crippen molar-refractivity contribution in [2.45, 2.75) is 128 Å². The summed E-state index contributed by atoms with van der Waals surface area (Å²) in [5, 5.41) is -0.499. The van der Waals surface area contributed by atoms with Gasteiger partial charge in [0.25, 0.3) is 5.56 Å². The van der Waals surface area contributed by atoms with Gasteiger partial charge in [0.15, 0.2) is 12.3 Å². The minimum Gasteiger partial charge on any atom is -0.447 e. The second-order valence-corrected chi connectivity index (χ2v) is 23.3. The van der Waals surface area contributed by atoms with Crippen LogP contribution in [0.25, 0.3) is 0 Å². The first-order valence-corrected chi connectivity index (χ1v) is 18.6. The Morgan fingerprint density at radius 3 is 2.08 bits per heavy atom. The first-order chi connectivity index (χ1) is 17.9. The number of aromatic nitrogens is 2. The predicted octanol–water partition coefficient (Wildman–Crippen LogP) is 5.43. The number of fused-ring (bicyclic) bond motifs is 1. The van der Waals surface area contributed by atoms with Crippen LogP contribution in [0.1, 0.15) is 82.4 Å². The van der Waals surface area contributed by atoms with E-state index >= 15 is 0 Å². The lowest BCUT2D eigenvalue weighted by molar-refractivity contribution is -0.0601. The SMILES string of the molecule is CC(C)[Si]1(C(C)C)OC[C@H]2O[C@@H](n3ccc(=O)[nH]c3=O)[C@@H](OC(=O)SC(C)(C)C)C2O[Si](C(C)C)(C(C)C)O1. The maximum absolute atomic E-state index is 13.1. The highest BCUT2D eigenvalue weighted by Gasteiger charge is 2.62. The zero-order valence-electron chi connectivity index (χ0n) is 25.1. The number of H-pyrrole nitrogens is 1. The fraction of sp³-hybridized carbons (Fsp3) is 0.808. The second-order valence-electron chi connectivity index (χ2n) is 12.7. The number of carbonyl (C=O) groups is 1. The normalized spacial score (nSPS) is 27.1. The summed E-state index contributed by atoms with van der Waals surface area (Å²) in [6, 6.07) is 1.24. The highest BCUT2D eigenvalue weighted by molar-refractivity contribution is 8.14. The molecule has 2 saturated heterocycles. The highest BCUT2D eigenvalue weighted by Crippen LogP contribution is 2.49. The van der Waals surface area contributed by atoms with Gasteiger partial charge in [-0.05, 0) is 33.9 Å².